The van der Waals surface area contributed by atoms with Crippen molar-refractivity contribution in [1.82, 2.24) is 4.90 Å². The Balaban J connectivity index is 1.74. The van der Waals surface area contributed by atoms with Crippen molar-refractivity contribution in [3.05, 3.63) is 71.8 Å². The Morgan fingerprint density at radius 1 is 1.08 bits per heavy atom. The number of amides is 1. The average molecular weight is 355 g/mol. The van der Waals surface area contributed by atoms with Crippen molar-refractivity contribution in [3.63, 3.8) is 0 Å². The van der Waals surface area contributed by atoms with E-state index >= 15 is 0 Å². The molecule has 1 N–H and O–H groups in total. The molecule has 1 heterocycles. The fourth-order valence-electron chi connectivity index (χ4n) is 3.18. The molecule has 1 aliphatic heterocycles. The molecule has 0 aromatic heterocycles. The molecular formula is C21H25NO4. The zero-order valence-electron chi connectivity index (χ0n) is 15.3. The van der Waals surface area contributed by atoms with Crippen LogP contribution in [-0.4, -0.2) is 41.4 Å². The van der Waals surface area contributed by atoms with Crippen LogP contribution in [0.5, 0.6) is 0 Å². The van der Waals surface area contributed by atoms with Crippen molar-refractivity contribution >= 4 is 5.91 Å². The smallest absolute Gasteiger partial charge is 0.254 e. The SMILES string of the molecule is CN(CC(O)c1ccccc1)C(=O)[C@@H]1OC(C)(C)O[C@H]1c1ccccc1. The van der Waals surface area contributed by atoms with Crippen molar-refractivity contribution in [2.45, 2.75) is 37.9 Å². The van der Waals surface area contributed by atoms with Crippen LogP contribution in [0.25, 0.3) is 0 Å². The van der Waals surface area contributed by atoms with Gasteiger partial charge in [0.1, 0.15) is 6.10 Å². The van der Waals surface area contributed by atoms with E-state index in [1.165, 1.54) is 4.90 Å². The Morgan fingerprint density at radius 2 is 1.65 bits per heavy atom. The number of carbonyl (C=O) groups excluding carboxylic acids is 1. The van der Waals surface area contributed by atoms with E-state index in [2.05, 4.69) is 0 Å². The summed E-state index contributed by atoms with van der Waals surface area (Å²) < 4.78 is 11.9. The average Bonchev–Trinajstić information content (AvgIpc) is 2.98. The maximum absolute atomic E-state index is 13.0. The monoisotopic (exact) mass is 355 g/mol. The van der Waals surface area contributed by atoms with E-state index in [4.69, 9.17) is 9.47 Å². The molecule has 1 saturated heterocycles. The number of aliphatic hydroxyl groups is 1. The molecule has 2 aromatic rings. The van der Waals surface area contributed by atoms with Crippen LogP contribution in [0.3, 0.4) is 0 Å². The van der Waals surface area contributed by atoms with E-state index < -0.39 is 24.1 Å². The van der Waals surface area contributed by atoms with Gasteiger partial charge in [-0.25, -0.2) is 0 Å². The molecule has 0 aliphatic carbocycles. The summed E-state index contributed by atoms with van der Waals surface area (Å²) in [6.45, 7) is 3.79. The highest BCUT2D eigenvalue weighted by atomic mass is 16.8. The Labute approximate surface area is 154 Å². The molecule has 3 atom stereocenters. The van der Waals surface area contributed by atoms with Crippen LogP contribution in [0.4, 0.5) is 0 Å². The van der Waals surface area contributed by atoms with Crippen LogP contribution in [0.2, 0.25) is 0 Å². The number of rotatable bonds is 5. The minimum atomic E-state index is -0.847. The molecular weight excluding hydrogens is 330 g/mol. The summed E-state index contributed by atoms with van der Waals surface area (Å²) in [6, 6.07) is 18.9. The van der Waals surface area contributed by atoms with Gasteiger partial charge in [0, 0.05) is 7.05 Å². The summed E-state index contributed by atoms with van der Waals surface area (Å²) in [5, 5.41) is 10.4. The predicted octanol–water partition coefficient (Wildman–Crippen LogP) is 3.07. The van der Waals surface area contributed by atoms with Crippen molar-refractivity contribution < 1.29 is 19.4 Å². The zero-order valence-corrected chi connectivity index (χ0v) is 15.3. The number of likely N-dealkylation sites (N-methyl/N-ethyl adjacent to an activating group) is 1. The molecule has 138 valence electrons. The largest absolute Gasteiger partial charge is 0.387 e. The zero-order chi connectivity index (χ0) is 18.7. The van der Waals surface area contributed by atoms with E-state index in [1.807, 2.05) is 60.7 Å². The van der Waals surface area contributed by atoms with Crippen LogP contribution in [0, 0.1) is 0 Å². The van der Waals surface area contributed by atoms with Crippen LogP contribution in [0.15, 0.2) is 60.7 Å². The molecule has 5 heteroatoms. The number of nitrogens with zero attached hydrogens (tertiary/aromatic N) is 1. The summed E-state index contributed by atoms with van der Waals surface area (Å²) in [5.74, 6) is -1.06. The number of hydrogen-bond acceptors (Lipinski definition) is 4. The van der Waals surface area contributed by atoms with E-state index in [0.29, 0.717) is 0 Å². The van der Waals surface area contributed by atoms with E-state index in [-0.39, 0.29) is 12.5 Å². The second kappa shape index (κ2) is 7.58. The number of aliphatic hydroxyl groups excluding tert-OH is 1. The highest BCUT2D eigenvalue weighted by molar-refractivity contribution is 5.82. The highest BCUT2D eigenvalue weighted by Gasteiger charge is 2.46. The molecule has 2 aromatic carbocycles. The molecule has 0 bridgehead atoms. The summed E-state index contributed by atoms with van der Waals surface area (Å²) in [5.41, 5.74) is 1.67. The third kappa shape index (κ3) is 4.12. The van der Waals surface area contributed by atoms with Crippen LogP contribution < -0.4 is 0 Å². The minimum Gasteiger partial charge on any atom is -0.387 e. The van der Waals surface area contributed by atoms with Gasteiger partial charge in [0.25, 0.3) is 5.91 Å². The standard InChI is InChI=1S/C21H25NO4/c1-21(2)25-18(16-12-8-5-9-13-16)19(26-21)20(24)22(3)14-17(23)15-10-6-4-7-11-15/h4-13,17-19,23H,14H2,1-3H3/t17?,18-,19+/m0/s1. The van der Waals surface area contributed by atoms with Gasteiger partial charge in [-0.05, 0) is 25.0 Å². The summed E-state index contributed by atoms with van der Waals surface area (Å²) in [6.07, 6.45) is -1.98. The molecule has 26 heavy (non-hydrogen) atoms. The van der Waals surface area contributed by atoms with Crippen LogP contribution >= 0.6 is 0 Å². The van der Waals surface area contributed by atoms with Crippen LogP contribution in [0.1, 0.15) is 37.2 Å². The first-order valence-electron chi connectivity index (χ1n) is 8.76. The topological polar surface area (TPSA) is 59.0 Å². The van der Waals surface area contributed by atoms with Gasteiger partial charge in [0.15, 0.2) is 11.9 Å². The van der Waals surface area contributed by atoms with Gasteiger partial charge >= 0.3 is 0 Å². The lowest BCUT2D eigenvalue weighted by Crippen LogP contribution is -2.41. The van der Waals surface area contributed by atoms with Gasteiger partial charge in [0.05, 0.1) is 12.6 Å². The highest BCUT2D eigenvalue weighted by Crippen LogP contribution is 2.39. The van der Waals surface area contributed by atoms with E-state index in [9.17, 15) is 9.90 Å². The van der Waals surface area contributed by atoms with E-state index in [0.717, 1.165) is 11.1 Å². The third-order valence-corrected chi connectivity index (χ3v) is 4.48. The predicted molar refractivity (Wildman–Crippen MR) is 98.3 cm³/mol. The summed E-state index contributed by atoms with van der Waals surface area (Å²) >= 11 is 0. The number of ether oxygens (including phenoxy) is 2. The van der Waals surface area contributed by atoms with Gasteiger partial charge in [0.2, 0.25) is 0 Å². The molecule has 0 saturated carbocycles. The molecule has 5 nitrogen and oxygen atoms in total. The van der Waals surface area contributed by atoms with Crippen molar-refractivity contribution in [2.75, 3.05) is 13.6 Å². The lowest BCUT2D eigenvalue weighted by molar-refractivity contribution is -0.161. The minimum absolute atomic E-state index is 0.185. The Bertz CT molecular complexity index is 732. The van der Waals surface area contributed by atoms with Crippen molar-refractivity contribution in [3.8, 4) is 0 Å². The number of benzene rings is 2. The molecule has 0 radical (unpaired) electrons. The molecule has 1 amide bonds. The molecule has 1 aliphatic rings. The second-order valence-electron chi connectivity index (χ2n) is 7.03. The Hall–Kier alpha value is -2.21. The lowest BCUT2D eigenvalue weighted by Gasteiger charge is -2.25. The second-order valence-corrected chi connectivity index (χ2v) is 7.03. The molecule has 1 unspecified atom stereocenters. The normalized spacial score (nSPS) is 22.8. The van der Waals surface area contributed by atoms with Gasteiger partial charge in [-0.15, -0.1) is 0 Å². The molecule has 0 spiro atoms. The first-order valence-corrected chi connectivity index (χ1v) is 8.76. The van der Waals surface area contributed by atoms with Crippen molar-refractivity contribution in [2.24, 2.45) is 0 Å². The maximum Gasteiger partial charge on any atom is 0.254 e. The summed E-state index contributed by atoms with van der Waals surface area (Å²) in [4.78, 5) is 14.5. The van der Waals surface area contributed by atoms with Crippen LogP contribution in [-0.2, 0) is 14.3 Å². The summed E-state index contributed by atoms with van der Waals surface area (Å²) in [7, 11) is 1.67. The fraction of sp³-hybridized carbons (Fsp3) is 0.381. The van der Waals surface area contributed by atoms with Gasteiger partial charge in [-0.3, -0.25) is 4.79 Å². The van der Waals surface area contributed by atoms with Gasteiger partial charge in [-0.2, -0.15) is 0 Å². The number of hydrogen-bond donors (Lipinski definition) is 1. The molecule has 1 fully saturated rings. The molecule has 3 rings (SSSR count). The first-order chi connectivity index (χ1) is 12.4. The lowest BCUT2D eigenvalue weighted by atomic mass is 10.0. The van der Waals surface area contributed by atoms with Gasteiger partial charge in [-0.1, -0.05) is 60.7 Å². The van der Waals surface area contributed by atoms with Gasteiger partial charge < -0.3 is 19.5 Å². The van der Waals surface area contributed by atoms with E-state index in [1.54, 1.807) is 20.9 Å². The first kappa shape index (κ1) is 18.6. The van der Waals surface area contributed by atoms with Crippen molar-refractivity contribution in [1.29, 1.82) is 0 Å². The quantitative estimate of drug-likeness (QED) is 0.895. The Morgan fingerprint density at radius 3 is 2.27 bits per heavy atom. The maximum atomic E-state index is 13.0. The number of carbonyl (C=O) groups is 1. The Kier molecular flexibility index (Phi) is 5.41. The third-order valence-electron chi connectivity index (χ3n) is 4.48. The fourth-order valence-corrected chi connectivity index (χ4v) is 3.18.